The number of piperidine rings is 1. The largest absolute Gasteiger partial charge is 0.370 e. The van der Waals surface area contributed by atoms with Gasteiger partial charge >= 0.3 is 0 Å². The minimum absolute atomic E-state index is 0.180. The van der Waals surface area contributed by atoms with Crippen molar-refractivity contribution < 1.29 is 4.74 Å². The summed E-state index contributed by atoms with van der Waals surface area (Å²) >= 11 is 0. The predicted molar refractivity (Wildman–Crippen MR) is 107 cm³/mol. The van der Waals surface area contributed by atoms with Crippen LogP contribution in [0.4, 0.5) is 5.69 Å². The fourth-order valence-corrected chi connectivity index (χ4v) is 5.35. The number of nitriles is 1. The molecule has 3 aliphatic rings. The lowest BCUT2D eigenvalue weighted by Crippen LogP contribution is -2.54. The first kappa shape index (κ1) is 17.9. The lowest BCUT2D eigenvalue weighted by atomic mass is 9.92. The standard InChI is InChI=1S/C21H28N6O/c1-15-12-26(19-5-4-17(9-22)27-20(19)6-7-24-27)14-18(28-15)13-25-8-2-3-16-10-23-11-21(16)25/h4-7,15-16,18,21,23H,2-3,8,10-14H2,1H3/t15-,16?,18+,21?/m1/s1. The van der Waals surface area contributed by atoms with E-state index in [1.54, 1.807) is 10.7 Å². The first-order chi connectivity index (χ1) is 13.7. The molecule has 28 heavy (non-hydrogen) atoms. The molecule has 1 N–H and O–H groups in total. The first-order valence-corrected chi connectivity index (χ1v) is 10.4. The highest BCUT2D eigenvalue weighted by Gasteiger charge is 2.37. The van der Waals surface area contributed by atoms with E-state index in [-0.39, 0.29) is 12.2 Å². The quantitative estimate of drug-likeness (QED) is 0.870. The molecule has 0 aromatic carbocycles. The van der Waals surface area contributed by atoms with E-state index in [1.807, 2.05) is 12.1 Å². The van der Waals surface area contributed by atoms with Gasteiger partial charge < -0.3 is 15.0 Å². The average Bonchev–Trinajstić information content (AvgIpc) is 3.36. The summed E-state index contributed by atoms with van der Waals surface area (Å²) in [5.74, 6) is 0.802. The van der Waals surface area contributed by atoms with E-state index in [9.17, 15) is 5.26 Å². The number of rotatable bonds is 3. The molecule has 2 unspecified atom stereocenters. The average molecular weight is 380 g/mol. The van der Waals surface area contributed by atoms with Crippen LogP contribution in [0, 0.1) is 17.2 Å². The van der Waals surface area contributed by atoms with Crippen LogP contribution in [0.15, 0.2) is 24.4 Å². The second-order valence-corrected chi connectivity index (χ2v) is 8.44. The van der Waals surface area contributed by atoms with Crippen molar-refractivity contribution in [1.29, 1.82) is 5.26 Å². The van der Waals surface area contributed by atoms with Crippen LogP contribution in [-0.2, 0) is 4.74 Å². The van der Waals surface area contributed by atoms with Crippen molar-refractivity contribution in [2.45, 2.75) is 38.0 Å². The van der Waals surface area contributed by atoms with E-state index in [1.165, 1.54) is 25.9 Å². The number of fused-ring (bicyclic) bond motifs is 2. The Morgan fingerprint density at radius 3 is 3.11 bits per heavy atom. The third-order valence-electron chi connectivity index (χ3n) is 6.55. The van der Waals surface area contributed by atoms with Crippen LogP contribution < -0.4 is 10.2 Å². The van der Waals surface area contributed by atoms with Crippen molar-refractivity contribution in [1.82, 2.24) is 19.8 Å². The Labute approximate surface area is 165 Å². The highest BCUT2D eigenvalue weighted by molar-refractivity contribution is 5.74. The summed E-state index contributed by atoms with van der Waals surface area (Å²) in [6.45, 7) is 8.35. The van der Waals surface area contributed by atoms with Gasteiger partial charge in [-0.15, -0.1) is 0 Å². The zero-order chi connectivity index (χ0) is 19.1. The molecule has 3 saturated heterocycles. The molecule has 5 rings (SSSR count). The lowest BCUT2D eigenvalue weighted by molar-refractivity contribution is -0.0439. The van der Waals surface area contributed by atoms with Crippen LogP contribution in [0.2, 0.25) is 0 Å². The molecule has 0 amide bonds. The second-order valence-electron chi connectivity index (χ2n) is 8.44. The predicted octanol–water partition coefficient (Wildman–Crippen LogP) is 1.48. The second kappa shape index (κ2) is 7.36. The van der Waals surface area contributed by atoms with Gasteiger partial charge in [0.2, 0.25) is 0 Å². The van der Waals surface area contributed by atoms with Crippen molar-refractivity contribution in [3.63, 3.8) is 0 Å². The molecule has 5 heterocycles. The van der Waals surface area contributed by atoms with Crippen LogP contribution in [0.1, 0.15) is 25.5 Å². The number of pyridine rings is 1. The number of nitrogens with one attached hydrogen (secondary N) is 1. The Kier molecular flexibility index (Phi) is 4.71. The molecule has 3 fully saturated rings. The van der Waals surface area contributed by atoms with Crippen LogP contribution in [0.25, 0.3) is 5.52 Å². The molecule has 0 radical (unpaired) electrons. The van der Waals surface area contributed by atoms with E-state index in [0.29, 0.717) is 11.7 Å². The molecule has 7 heteroatoms. The fraction of sp³-hybridized carbons (Fsp3) is 0.619. The smallest absolute Gasteiger partial charge is 0.142 e. The van der Waals surface area contributed by atoms with Crippen molar-refractivity contribution in [2.24, 2.45) is 5.92 Å². The summed E-state index contributed by atoms with van der Waals surface area (Å²) in [5, 5.41) is 17.2. The number of nitrogens with zero attached hydrogens (tertiary/aromatic N) is 5. The third-order valence-corrected chi connectivity index (χ3v) is 6.55. The third kappa shape index (κ3) is 3.16. The van der Waals surface area contributed by atoms with Crippen LogP contribution in [0.5, 0.6) is 0 Å². The van der Waals surface area contributed by atoms with Crippen molar-refractivity contribution in [3.05, 3.63) is 30.1 Å². The number of ether oxygens (including phenoxy) is 1. The highest BCUT2D eigenvalue weighted by atomic mass is 16.5. The van der Waals surface area contributed by atoms with Gasteiger partial charge in [0, 0.05) is 32.2 Å². The van der Waals surface area contributed by atoms with E-state index in [0.717, 1.165) is 43.3 Å². The maximum Gasteiger partial charge on any atom is 0.142 e. The van der Waals surface area contributed by atoms with Gasteiger partial charge in [-0.2, -0.15) is 10.4 Å². The summed E-state index contributed by atoms with van der Waals surface area (Å²) in [5.41, 5.74) is 2.69. The molecule has 2 aromatic heterocycles. The minimum Gasteiger partial charge on any atom is -0.370 e. The fourth-order valence-electron chi connectivity index (χ4n) is 5.35. The maximum atomic E-state index is 9.34. The molecule has 0 saturated carbocycles. The lowest BCUT2D eigenvalue weighted by Gasteiger charge is -2.43. The van der Waals surface area contributed by atoms with Crippen molar-refractivity contribution >= 4 is 11.2 Å². The molecule has 4 atom stereocenters. The topological polar surface area (TPSA) is 68.8 Å². The van der Waals surface area contributed by atoms with Crippen LogP contribution >= 0.6 is 0 Å². The Bertz CT molecular complexity index is 889. The Hall–Kier alpha value is -2.14. The van der Waals surface area contributed by atoms with Gasteiger partial charge in [-0.1, -0.05) is 0 Å². The van der Waals surface area contributed by atoms with E-state index in [2.05, 4.69) is 39.3 Å². The number of hydrogen-bond acceptors (Lipinski definition) is 6. The molecule has 3 aliphatic heterocycles. The number of morpholine rings is 1. The van der Waals surface area contributed by atoms with Gasteiger partial charge in [-0.25, -0.2) is 4.52 Å². The maximum absolute atomic E-state index is 9.34. The molecule has 148 valence electrons. The summed E-state index contributed by atoms with van der Waals surface area (Å²) in [4.78, 5) is 5.06. The van der Waals surface area contributed by atoms with E-state index in [4.69, 9.17) is 4.74 Å². The molecule has 0 spiro atoms. The highest BCUT2D eigenvalue weighted by Crippen LogP contribution is 2.29. The van der Waals surface area contributed by atoms with Gasteiger partial charge in [-0.3, -0.25) is 4.90 Å². The van der Waals surface area contributed by atoms with Crippen LogP contribution in [0.3, 0.4) is 0 Å². The Morgan fingerprint density at radius 1 is 1.29 bits per heavy atom. The first-order valence-electron chi connectivity index (χ1n) is 10.4. The normalized spacial score (nSPS) is 31.1. The van der Waals surface area contributed by atoms with E-state index >= 15 is 0 Å². The monoisotopic (exact) mass is 380 g/mol. The van der Waals surface area contributed by atoms with Crippen molar-refractivity contribution in [3.8, 4) is 6.07 Å². The van der Waals surface area contributed by atoms with E-state index < -0.39 is 0 Å². The van der Waals surface area contributed by atoms with Gasteiger partial charge in [0.05, 0.1) is 29.6 Å². The van der Waals surface area contributed by atoms with Gasteiger partial charge in [0.1, 0.15) is 11.8 Å². The number of aromatic nitrogens is 2. The van der Waals surface area contributed by atoms with Crippen molar-refractivity contribution in [2.75, 3.05) is 44.2 Å². The van der Waals surface area contributed by atoms with Gasteiger partial charge in [0.25, 0.3) is 0 Å². The molecular formula is C21H28N6O. The summed E-state index contributed by atoms with van der Waals surface area (Å²) in [6.07, 6.45) is 4.79. The Balaban J connectivity index is 1.36. The minimum atomic E-state index is 0.180. The molecule has 2 aromatic rings. The molecular weight excluding hydrogens is 352 g/mol. The number of anilines is 1. The van der Waals surface area contributed by atoms with Gasteiger partial charge in [-0.05, 0) is 57.0 Å². The molecule has 0 bridgehead atoms. The number of hydrogen-bond donors (Lipinski definition) is 1. The molecule has 0 aliphatic carbocycles. The summed E-state index contributed by atoms with van der Waals surface area (Å²) in [7, 11) is 0. The van der Waals surface area contributed by atoms with Crippen LogP contribution in [-0.4, -0.2) is 72.0 Å². The number of likely N-dealkylation sites (tertiary alicyclic amines) is 1. The SMILES string of the molecule is C[C@@H]1CN(c2ccc(C#N)n3nccc23)C[C@H](CN2CCCC3CNCC32)O1. The summed E-state index contributed by atoms with van der Waals surface area (Å²) in [6, 6.07) is 8.80. The van der Waals surface area contributed by atoms with Gasteiger partial charge in [0.15, 0.2) is 0 Å². The molecule has 7 nitrogen and oxygen atoms in total. The Morgan fingerprint density at radius 2 is 2.21 bits per heavy atom. The summed E-state index contributed by atoms with van der Waals surface area (Å²) < 4.78 is 8.09. The zero-order valence-corrected chi connectivity index (χ0v) is 16.4. The zero-order valence-electron chi connectivity index (χ0n) is 16.4.